The number of aryl methyl sites for hydroxylation is 2. The number of alkyl halides is 2. The summed E-state index contributed by atoms with van der Waals surface area (Å²) in [6, 6.07) is 4.97. The number of hydrogen-bond donors (Lipinski definition) is 0. The Hall–Kier alpha value is -2.61. The number of piperidine rings is 1. The minimum absolute atomic E-state index is 0.0901. The molecule has 0 bridgehead atoms. The van der Waals surface area contributed by atoms with Crippen LogP contribution < -0.4 is 0 Å². The average Bonchev–Trinajstić information content (AvgIpc) is 3.19. The molecule has 0 radical (unpaired) electrons. The van der Waals surface area contributed by atoms with Crippen molar-refractivity contribution in [2.45, 2.75) is 39.5 Å². The van der Waals surface area contributed by atoms with E-state index in [1.807, 2.05) is 13.8 Å². The van der Waals surface area contributed by atoms with Crippen LogP contribution >= 0.6 is 11.6 Å². The summed E-state index contributed by atoms with van der Waals surface area (Å²) in [5, 5.41) is 4.82. The third-order valence-corrected chi connectivity index (χ3v) is 6.43. The smallest absolute Gasteiger partial charge is 0.280 e. The number of benzene rings is 1. The van der Waals surface area contributed by atoms with Crippen molar-refractivity contribution in [3.63, 3.8) is 0 Å². The van der Waals surface area contributed by atoms with Crippen molar-refractivity contribution in [1.29, 1.82) is 0 Å². The third kappa shape index (κ3) is 3.64. The summed E-state index contributed by atoms with van der Waals surface area (Å²) < 4.78 is 28.3. The van der Waals surface area contributed by atoms with Gasteiger partial charge < -0.3 is 4.90 Å². The minimum Gasteiger partial charge on any atom is -0.338 e. The highest BCUT2D eigenvalue weighted by molar-refractivity contribution is 6.32. The molecule has 1 amide bonds. The molecule has 0 N–H and O–H groups in total. The molecule has 0 aliphatic carbocycles. The Morgan fingerprint density at radius 2 is 1.93 bits per heavy atom. The summed E-state index contributed by atoms with van der Waals surface area (Å²) in [6.07, 6.45) is -0.650. The quantitative estimate of drug-likeness (QED) is 0.605. The van der Waals surface area contributed by atoms with Gasteiger partial charge in [0.1, 0.15) is 12.0 Å². The summed E-state index contributed by atoms with van der Waals surface area (Å²) in [7, 11) is 0. The van der Waals surface area contributed by atoms with E-state index in [0.29, 0.717) is 29.4 Å². The van der Waals surface area contributed by atoms with Gasteiger partial charge in [-0.05, 0) is 55.5 Å². The second-order valence-electron chi connectivity index (χ2n) is 7.93. The van der Waals surface area contributed by atoms with Gasteiger partial charge in [-0.25, -0.2) is 18.3 Å². The van der Waals surface area contributed by atoms with Gasteiger partial charge in [-0.3, -0.25) is 4.79 Å². The molecule has 1 fully saturated rings. The van der Waals surface area contributed by atoms with E-state index in [1.54, 1.807) is 17.0 Å². The van der Waals surface area contributed by atoms with Crippen molar-refractivity contribution in [1.82, 2.24) is 24.5 Å². The molecule has 1 saturated heterocycles. The number of carbonyl (C=O) groups excluding carboxylic acids is 1. The van der Waals surface area contributed by atoms with E-state index >= 15 is 0 Å². The fraction of sp³-hybridized carbons (Fsp3) is 0.429. The molecule has 3 aromatic rings. The Kier molecular flexibility index (Phi) is 5.44. The number of halogens is 3. The lowest BCUT2D eigenvalue weighted by Gasteiger charge is -2.37. The van der Waals surface area contributed by atoms with Gasteiger partial charge in [-0.2, -0.15) is 10.1 Å². The van der Waals surface area contributed by atoms with Crippen LogP contribution in [0.2, 0.25) is 5.02 Å². The normalized spacial score (nSPS) is 19.6. The van der Waals surface area contributed by atoms with E-state index < -0.39 is 6.43 Å². The molecular formula is C21H22ClF2N5O. The molecule has 1 aliphatic rings. The van der Waals surface area contributed by atoms with Gasteiger partial charge in [0.15, 0.2) is 0 Å². The molecule has 2 aromatic heterocycles. The van der Waals surface area contributed by atoms with Gasteiger partial charge in [0.25, 0.3) is 18.1 Å². The number of fused-ring (bicyclic) bond motifs is 1. The maximum Gasteiger partial charge on any atom is 0.280 e. The van der Waals surface area contributed by atoms with Crippen molar-refractivity contribution in [2.24, 2.45) is 5.92 Å². The molecule has 1 unspecified atom stereocenters. The molecule has 3 heterocycles. The van der Waals surface area contributed by atoms with E-state index in [-0.39, 0.29) is 29.2 Å². The van der Waals surface area contributed by atoms with Crippen molar-refractivity contribution in [3.8, 4) is 0 Å². The molecule has 1 aliphatic heterocycles. The van der Waals surface area contributed by atoms with Crippen LogP contribution in [0.5, 0.6) is 0 Å². The van der Waals surface area contributed by atoms with Gasteiger partial charge in [0, 0.05) is 29.6 Å². The Labute approximate surface area is 177 Å². The molecule has 0 spiro atoms. The molecule has 30 heavy (non-hydrogen) atoms. The second-order valence-corrected chi connectivity index (χ2v) is 8.30. The zero-order chi connectivity index (χ0) is 21.6. The molecular weight excluding hydrogens is 412 g/mol. The molecule has 1 aromatic carbocycles. The monoisotopic (exact) mass is 433 g/mol. The van der Waals surface area contributed by atoms with Gasteiger partial charge in [-0.1, -0.05) is 18.5 Å². The molecule has 6 nitrogen and oxygen atoms in total. The predicted molar refractivity (Wildman–Crippen MR) is 109 cm³/mol. The second kappa shape index (κ2) is 7.91. The van der Waals surface area contributed by atoms with Gasteiger partial charge >= 0.3 is 0 Å². The highest BCUT2D eigenvalue weighted by Crippen LogP contribution is 2.34. The topological polar surface area (TPSA) is 63.4 Å². The Morgan fingerprint density at radius 1 is 1.23 bits per heavy atom. The van der Waals surface area contributed by atoms with Crippen LogP contribution in [0.25, 0.3) is 5.78 Å². The van der Waals surface area contributed by atoms with Crippen molar-refractivity contribution in [2.75, 3.05) is 13.1 Å². The van der Waals surface area contributed by atoms with E-state index in [1.165, 1.54) is 16.9 Å². The highest BCUT2D eigenvalue weighted by Gasteiger charge is 2.33. The summed E-state index contributed by atoms with van der Waals surface area (Å²) in [4.78, 5) is 22.9. The SMILES string of the molecule is Cc1cc(C(=O)N2CCC(C)[C@H](c3cc(C(F)F)nc4ncnn34)C2)cc(C)c1Cl. The Morgan fingerprint density at radius 3 is 2.60 bits per heavy atom. The predicted octanol–water partition coefficient (Wildman–Crippen LogP) is 4.60. The zero-order valence-corrected chi connectivity index (χ0v) is 17.7. The third-order valence-electron chi connectivity index (χ3n) is 5.83. The first kappa shape index (κ1) is 20.7. The van der Waals surface area contributed by atoms with E-state index in [9.17, 15) is 13.6 Å². The number of aromatic nitrogens is 4. The average molecular weight is 434 g/mol. The first-order valence-corrected chi connectivity index (χ1v) is 10.2. The maximum absolute atomic E-state index is 13.4. The molecule has 158 valence electrons. The summed E-state index contributed by atoms with van der Waals surface area (Å²) in [5.74, 6) is 0.0695. The van der Waals surface area contributed by atoms with Crippen LogP contribution in [-0.2, 0) is 0 Å². The lowest BCUT2D eigenvalue weighted by atomic mass is 9.84. The number of carbonyl (C=O) groups is 1. The fourth-order valence-electron chi connectivity index (χ4n) is 4.12. The van der Waals surface area contributed by atoms with Gasteiger partial charge in [0.2, 0.25) is 0 Å². The molecule has 9 heteroatoms. The Bertz CT molecular complexity index is 1090. The number of amides is 1. The van der Waals surface area contributed by atoms with E-state index in [2.05, 4.69) is 22.0 Å². The Balaban J connectivity index is 1.69. The number of nitrogens with zero attached hydrogens (tertiary/aromatic N) is 5. The molecule has 4 rings (SSSR count). The molecule has 2 atom stereocenters. The van der Waals surface area contributed by atoms with Crippen molar-refractivity contribution in [3.05, 3.63) is 57.6 Å². The first-order chi connectivity index (χ1) is 14.3. The van der Waals surface area contributed by atoms with E-state index in [4.69, 9.17) is 11.6 Å². The highest BCUT2D eigenvalue weighted by atomic mass is 35.5. The first-order valence-electron chi connectivity index (χ1n) is 9.81. The van der Waals surface area contributed by atoms with Crippen LogP contribution in [0.15, 0.2) is 24.5 Å². The zero-order valence-electron chi connectivity index (χ0n) is 16.9. The summed E-state index contributed by atoms with van der Waals surface area (Å²) in [6.45, 7) is 6.82. The van der Waals surface area contributed by atoms with Crippen LogP contribution in [-0.4, -0.2) is 43.5 Å². The summed E-state index contributed by atoms with van der Waals surface area (Å²) >= 11 is 6.24. The minimum atomic E-state index is -2.71. The van der Waals surface area contributed by atoms with Crippen LogP contribution in [0.3, 0.4) is 0 Å². The fourth-order valence-corrected chi connectivity index (χ4v) is 4.23. The largest absolute Gasteiger partial charge is 0.338 e. The maximum atomic E-state index is 13.4. The summed E-state index contributed by atoms with van der Waals surface area (Å²) in [5.41, 5.74) is 2.55. The van der Waals surface area contributed by atoms with Crippen LogP contribution in [0.1, 0.15) is 58.6 Å². The molecule has 0 saturated carbocycles. The lowest BCUT2D eigenvalue weighted by Crippen LogP contribution is -2.42. The number of rotatable bonds is 3. The van der Waals surface area contributed by atoms with Gasteiger partial charge in [0.05, 0.1) is 5.69 Å². The number of hydrogen-bond acceptors (Lipinski definition) is 4. The lowest BCUT2D eigenvalue weighted by molar-refractivity contribution is 0.0665. The van der Waals surface area contributed by atoms with Crippen LogP contribution in [0.4, 0.5) is 8.78 Å². The standard InChI is InChI=1S/C21H22ClF2N5O/c1-11-4-5-28(20(30)14-6-12(2)18(22)13(3)7-14)9-15(11)17-8-16(19(23)24)27-21-25-10-26-29(17)21/h6-8,10-11,15,19H,4-5,9H2,1-3H3/t11?,15-/m1/s1. The van der Waals surface area contributed by atoms with Crippen molar-refractivity contribution < 1.29 is 13.6 Å². The van der Waals surface area contributed by atoms with Gasteiger partial charge in [-0.15, -0.1) is 0 Å². The van der Waals surface area contributed by atoms with E-state index in [0.717, 1.165) is 17.5 Å². The van der Waals surface area contributed by atoms with Crippen LogP contribution in [0, 0.1) is 19.8 Å². The number of likely N-dealkylation sites (tertiary alicyclic amines) is 1. The van der Waals surface area contributed by atoms with Crippen molar-refractivity contribution >= 4 is 23.3 Å².